The monoisotopic (exact) mass is 459 g/mol. The summed E-state index contributed by atoms with van der Waals surface area (Å²) in [6.45, 7) is 2.69. The highest BCUT2D eigenvalue weighted by Crippen LogP contribution is 2.19. The van der Waals surface area contributed by atoms with Crippen LogP contribution in [0, 0.1) is 0 Å². The molecule has 0 unspecified atom stereocenters. The highest BCUT2D eigenvalue weighted by molar-refractivity contribution is 6.30. The number of benzene rings is 2. The molecule has 0 radical (unpaired) electrons. The number of halogens is 1. The summed E-state index contributed by atoms with van der Waals surface area (Å²) in [4.78, 5) is 34.9. The molecule has 1 aliphatic rings. The van der Waals surface area contributed by atoms with E-state index in [0.717, 1.165) is 11.4 Å². The molecule has 7 nitrogen and oxygen atoms in total. The minimum Gasteiger partial charge on any atom is -0.353 e. The highest BCUT2D eigenvalue weighted by Gasteiger charge is 2.26. The minimum atomic E-state index is -0.204. The summed E-state index contributed by atoms with van der Waals surface area (Å²) in [7, 11) is 0. The zero-order valence-corrected chi connectivity index (χ0v) is 18.7. The maximum Gasteiger partial charge on any atom is 0.275 e. The van der Waals surface area contributed by atoms with Crippen LogP contribution in [0.5, 0.6) is 0 Å². The van der Waals surface area contributed by atoms with Crippen molar-refractivity contribution in [3.8, 4) is 0 Å². The Labute approximate surface area is 195 Å². The van der Waals surface area contributed by atoms with Crippen LogP contribution in [0.2, 0.25) is 5.02 Å². The summed E-state index contributed by atoms with van der Waals surface area (Å²) in [5.74, 6) is 0.670. The van der Waals surface area contributed by atoms with Gasteiger partial charge >= 0.3 is 0 Å². The van der Waals surface area contributed by atoms with Crippen LogP contribution >= 0.6 is 11.6 Å². The number of pyridine rings is 1. The summed E-state index contributed by atoms with van der Waals surface area (Å²) in [5, 5.41) is 6.20. The molecule has 0 bridgehead atoms. The highest BCUT2D eigenvalue weighted by atomic mass is 35.5. The van der Waals surface area contributed by atoms with Crippen molar-refractivity contribution in [2.24, 2.45) is 0 Å². The van der Waals surface area contributed by atoms with E-state index in [9.17, 15) is 9.59 Å². The predicted molar refractivity (Wildman–Crippen MR) is 129 cm³/mol. The molecular formula is C25H22ClN5O2. The number of hydrogen-bond acceptors (Lipinski definition) is 5. The molecule has 5 rings (SSSR count). The van der Waals surface area contributed by atoms with Gasteiger partial charge in [-0.1, -0.05) is 60.1 Å². The number of amides is 1. The van der Waals surface area contributed by atoms with Crippen molar-refractivity contribution >= 4 is 34.1 Å². The molecule has 1 saturated heterocycles. The lowest BCUT2D eigenvalue weighted by molar-refractivity contribution is 0.0740. The summed E-state index contributed by atoms with van der Waals surface area (Å²) >= 11 is 5.94. The van der Waals surface area contributed by atoms with Gasteiger partial charge in [0.1, 0.15) is 5.82 Å². The molecule has 4 aromatic rings. The van der Waals surface area contributed by atoms with Crippen molar-refractivity contribution in [1.82, 2.24) is 19.7 Å². The molecule has 0 spiro atoms. The standard InChI is InChI=1S/C25H22ClN5O2/c26-19-10-11-22(27-16-19)29-12-14-30(15-13-29)25(33)23-20-8-4-5-9-21(20)24(32)31(28-23)17-18-6-2-1-3-7-18/h1-11,16H,12-15,17H2. The van der Waals surface area contributed by atoms with Gasteiger partial charge in [0.05, 0.1) is 17.0 Å². The smallest absolute Gasteiger partial charge is 0.275 e. The van der Waals surface area contributed by atoms with Crippen molar-refractivity contribution in [3.05, 3.63) is 99.6 Å². The molecule has 3 heterocycles. The molecule has 1 amide bonds. The molecule has 0 N–H and O–H groups in total. The number of aromatic nitrogens is 3. The van der Waals surface area contributed by atoms with Crippen LogP contribution < -0.4 is 10.5 Å². The minimum absolute atomic E-state index is 0.170. The molecule has 166 valence electrons. The van der Waals surface area contributed by atoms with Crippen LogP contribution in [-0.4, -0.2) is 51.8 Å². The molecule has 1 aliphatic heterocycles. The molecule has 2 aromatic carbocycles. The Morgan fingerprint density at radius 2 is 1.58 bits per heavy atom. The van der Waals surface area contributed by atoms with Gasteiger partial charge in [0.25, 0.3) is 11.5 Å². The quantitative estimate of drug-likeness (QED) is 0.467. The van der Waals surface area contributed by atoms with Gasteiger partial charge in [-0.15, -0.1) is 0 Å². The van der Waals surface area contributed by atoms with Gasteiger partial charge in [0, 0.05) is 37.8 Å². The van der Waals surface area contributed by atoms with Gasteiger partial charge in [-0.2, -0.15) is 5.10 Å². The van der Waals surface area contributed by atoms with Gasteiger partial charge in [-0.25, -0.2) is 9.67 Å². The van der Waals surface area contributed by atoms with E-state index < -0.39 is 0 Å². The molecule has 33 heavy (non-hydrogen) atoms. The third-order valence-electron chi connectivity index (χ3n) is 5.85. The summed E-state index contributed by atoms with van der Waals surface area (Å²) in [6, 6.07) is 20.5. The van der Waals surface area contributed by atoms with Crippen molar-refractivity contribution < 1.29 is 4.79 Å². The van der Waals surface area contributed by atoms with Gasteiger partial charge in [0.2, 0.25) is 0 Å². The average Bonchev–Trinajstić information content (AvgIpc) is 2.87. The Kier molecular flexibility index (Phi) is 5.79. The maximum atomic E-state index is 13.5. The van der Waals surface area contributed by atoms with E-state index in [1.807, 2.05) is 54.6 Å². The predicted octanol–water partition coefficient (Wildman–Crippen LogP) is 3.46. The lowest BCUT2D eigenvalue weighted by Gasteiger charge is -2.35. The normalized spacial score (nSPS) is 14.0. The zero-order valence-electron chi connectivity index (χ0n) is 17.9. The summed E-state index contributed by atoms with van der Waals surface area (Å²) in [6.07, 6.45) is 1.63. The van der Waals surface area contributed by atoms with Crippen LogP contribution in [0.25, 0.3) is 10.8 Å². The lowest BCUT2D eigenvalue weighted by atomic mass is 10.1. The SMILES string of the molecule is O=C(c1nn(Cc2ccccc2)c(=O)c2ccccc12)N1CCN(c2ccc(Cl)cn2)CC1. The average molecular weight is 460 g/mol. The molecule has 1 fully saturated rings. The number of anilines is 1. The fourth-order valence-electron chi connectivity index (χ4n) is 4.10. The molecule has 0 saturated carbocycles. The fourth-order valence-corrected chi connectivity index (χ4v) is 4.21. The first-order chi connectivity index (χ1) is 16.1. The number of piperazine rings is 1. The van der Waals surface area contributed by atoms with Crippen molar-refractivity contribution in [2.45, 2.75) is 6.54 Å². The maximum absolute atomic E-state index is 13.5. The number of rotatable bonds is 4. The van der Waals surface area contributed by atoms with E-state index in [1.54, 1.807) is 23.2 Å². The Balaban J connectivity index is 1.43. The summed E-state index contributed by atoms with van der Waals surface area (Å²) < 4.78 is 1.39. The van der Waals surface area contributed by atoms with Crippen LogP contribution in [-0.2, 0) is 6.54 Å². The molecular weight excluding hydrogens is 438 g/mol. The second-order valence-electron chi connectivity index (χ2n) is 7.96. The number of fused-ring (bicyclic) bond motifs is 1. The second-order valence-corrected chi connectivity index (χ2v) is 8.39. The van der Waals surface area contributed by atoms with E-state index in [0.29, 0.717) is 54.2 Å². The van der Waals surface area contributed by atoms with Crippen molar-refractivity contribution in [1.29, 1.82) is 0 Å². The van der Waals surface area contributed by atoms with Gasteiger partial charge in [0.15, 0.2) is 5.69 Å². The Hall–Kier alpha value is -3.71. The van der Waals surface area contributed by atoms with Crippen LogP contribution in [0.1, 0.15) is 16.1 Å². The van der Waals surface area contributed by atoms with Gasteiger partial charge < -0.3 is 9.80 Å². The van der Waals surface area contributed by atoms with E-state index in [4.69, 9.17) is 11.6 Å². The molecule has 8 heteroatoms. The molecule has 0 atom stereocenters. The van der Waals surface area contributed by atoms with Crippen LogP contribution in [0.3, 0.4) is 0 Å². The first-order valence-electron chi connectivity index (χ1n) is 10.8. The van der Waals surface area contributed by atoms with Crippen molar-refractivity contribution in [2.75, 3.05) is 31.1 Å². The van der Waals surface area contributed by atoms with E-state index >= 15 is 0 Å². The zero-order chi connectivity index (χ0) is 22.8. The number of carbonyl (C=O) groups excluding carboxylic acids is 1. The number of carbonyl (C=O) groups is 1. The van der Waals surface area contributed by atoms with Gasteiger partial charge in [-0.3, -0.25) is 9.59 Å². The van der Waals surface area contributed by atoms with Crippen LogP contribution in [0.4, 0.5) is 5.82 Å². The van der Waals surface area contributed by atoms with Crippen LogP contribution in [0.15, 0.2) is 77.7 Å². The number of hydrogen-bond donors (Lipinski definition) is 0. The summed E-state index contributed by atoms with van der Waals surface area (Å²) in [5.41, 5.74) is 1.05. The van der Waals surface area contributed by atoms with Gasteiger partial charge in [-0.05, 0) is 23.8 Å². The van der Waals surface area contributed by atoms with E-state index in [1.165, 1.54) is 4.68 Å². The van der Waals surface area contributed by atoms with E-state index in [-0.39, 0.29) is 11.5 Å². The third kappa shape index (κ3) is 4.32. The Morgan fingerprint density at radius 3 is 2.27 bits per heavy atom. The Morgan fingerprint density at radius 1 is 0.879 bits per heavy atom. The Bertz CT molecular complexity index is 1350. The molecule has 0 aliphatic carbocycles. The first kappa shape index (κ1) is 21.2. The topological polar surface area (TPSA) is 71.3 Å². The fraction of sp³-hybridized carbons (Fsp3) is 0.200. The first-order valence-corrected chi connectivity index (χ1v) is 11.2. The van der Waals surface area contributed by atoms with E-state index in [2.05, 4.69) is 15.0 Å². The second kappa shape index (κ2) is 9.03. The number of nitrogens with zero attached hydrogens (tertiary/aromatic N) is 5. The third-order valence-corrected chi connectivity index (χ3v) is 6.07. The van der Waals surface area contributed by atoms with Crippen molar-refractivity contribution in [3.63, 3.8) is 0 Å². The largest absolute Gasteiger partial charge is 0.353 e. The molecule has 2 aromatic heterocycles. The lowest BCUT2D eigenvalue weighted by Crippen LogP contribution is -2.49.